The normalized spacial score (nSPS) is 18.6. The van der Waals surface area contributed by atoms with Gasteiger partial charge < -0.3 is 5.32 Å². The third-order valence-electron chi connectivity index (χ3n) is 5.92. The predicted octanol–water partition coefficient (Wildman–Crippen LogP) is 4.55. The Balaban J connectivity index is 1.50. The van der Waals surface area contributed by atoms with Crippen LogP contribution in [0.4, 0.5) is 0 Å². The molecule has 1 aromatic carbocycles. The minimum atomic E-state index is -0.0815. The zero-order valence-electron chi connectivity index (χ0n) is 18.5. The number of aromatic nitrogens is 3. The van der Waals surface area contributed by atoms with Crippen LogP contribution in [0.25, 0.3) is 0 Å². The Bertz CT molecular complexity index is 977. The molecule has 0 spiro atoms. The summed E-state index contributed by atoms with van der Waals surface area (Å²) in [5.74, 6) is 0.278. The standard InChI is InChI=1S/C24H31N5OS/c1-24(2,3)21-19(14-26-28-21)16-29-12-7-10-18(15-29)20(23-25-11-13-31-23)27-22(30)17-8-5-4-6-9-17/h4-6,8-9,11,13-14,18,20H,7,10,12,15-16H2,1-3H3,(H,26,28)(H,27,30)/t18-,20+/m1/s1. The van der Waals surface area contributed by atoms with Crippen LogP contribution in [0, 0.1) is 5.92 Å². The van der Waals surface area contributed by atoms with E-state index in [4.69, 9.17) is 0 Å². The Morgan fingerprint density at radius 3 is 2.84 bits per heavy atom. The zero-order valence-corrected chi connectivity index (χ0v) is 19.3. The third-order valence-corrected chi connectivity index (χ3v) is 6.77. The number of nitrogens with one attached hydrogen (secondary N) is 2. The zero-order chi connectivity index (χ0) is 21.8. The summed E-state index contributed by atoms with van der Waals surface area (Å²) >= 11 is 1.61. The van der Waals surface area contributed by atoms with Crippen molar-refractivity contribution in [1.29, 1.82) is 0 Å². The summed E-state index contributed by atoms with van der Waals surface area (Å²) in [6, 6.07) is 9.35. The summed E-state index contributed by atoms with van der Waals surface area (Å²) in [7, 11) is 0. The molecule has 164 valence electrons. The van der Waals surface area contributed by atoms with Gasteiger partial charge in [-0.25, -0.2) is 4.98 Å². The minimum absolute atomic E-state index is 0.0358. The topological polar surface area (TPSA) is 73.9 Å². The van der Waals surface area contributed by atoms with Crippen molar-refractivity contribution < 1.29 is 4.79 Å². The molecular weight excluding hydrogens is 406 g/mol. The number of piperidine rings is 1. The van der Waals surface area contributed by atoms with Crippen molar-refractivity contribution in [1.82, 2.24) is 25.4 Å². The summed E-state index contributed by atoms with van der Waals surface area (Å²) in [5, 5.41) is 13.7. The number of thiazole rings is 1. The molecule has 1 amide bonds. The van der Waals surface area contributed by atoms with Crippen LogP contribution in [-0.2, 0) is 12.0 Å². The maximum atomic E-state index is 12.9. The quantitative estimate of drug-likeness (QED) is 0.593. The number of aromatic amines is 1. The van der Waals surface area contributed by atoms with Crippen LogP contribution in [0.3, 0.4) is 0 Å². The Kier molecular flexibility index (Phi) is 6.53. The molecule has 0 aliphatic carbocycles. The van der Waals surface area contributed by atoms with Gasteiger partial charge in [0.2, 0.25) is 0 Å². The van der Waals surface area contributed by atoms with Crippen LogP contribution in [0.5, 0.6) is 0 Å². The van der Waals surface area contributed by atoms with Gasteiger partial charge in [-0.3, -0.25) is 14.8 Å². The van der Waals surface area contributed by atoms with Gasteiger partial charge in [-0.2, -0.15) is 5.10 Å². The van der Waals surface area contributed by atoms with E-state index in [1.165, 1.54) is 11.3 Å². The average molecular weight is 438 g/mol. The van der Waals surface area contributed by atoms with Crippen molar-refractivity contribution in [2.45, 2.75) is 51.6 Å². The molecule has 31 heavy (non-hydrogen) atoms. The van der Waals surface area contributed by atoms with Gasteiger partial charge in [0.25, 0.3) is 5.91 Å². The molecule has 4 rings (SSSR count). The highest BCUT2D eigenvalue weighted by Crippen LogP contribution is 2.33. The molecule has 3 aromatic rings. The Labute approximate surface area is 188 Å². The lowest BCUT2D eigenvalue weighted by Crippen LogP contribution is -2.42. The highest BCUT2D eigenvalue weighted by atomic mass is 32.1. The lowest BCUT2D eigenvalue weighted by molar-refractivity contribution is 0.0877. The molecule has 1 aliphatic rings. The number of rotatable bonds is 6. The molecule has 2 aromatic heterocycles. The molecule has 0 bridgehead atoms. The summed E-state index contributed by atoms with van der Waals surface area (Å²) in [6.07, 6.45) is 5.97. The van der Waals surface area contributed by atoms with Gasteiger partial charge in [0, 0.05) is 46.9 Å². The SMILES string of the molecule is CC(C)(C)c1[nH]ncc1CN1CCC[C@@H]([C@H](NC(=O)c2ccccc2)c2nccs2)C1. The van der Waals surface area contributed by atoms with Crippen LogP contribution in [0.15, 0.2) is 48.1 Å². The highest BCUT2D eigenvalue weighted by molar-refractivity contribution is 7.09. The van der Waals surface area contributed by atoms with E-state index in [1.54, 1.807) is 11.3 Å². The van der Waals surface area contributed by atoms with E-state index in [0.29, 0.717) is 11.5 Å². The first kappa shape index (κ1) is 21.7. The maximum absolute atomic E-state index is 12.9. The number of benzene rings is 1. The molecular formula is C24H31N5OS. The predicted molar refractivity (Wildman–Crippen MR) is 124 cm³/mol. The molecule has 1 fully saturated rings. The fourth-order valence-electron chi connectivity index (χ4n) is 4.41. The number of carbonyl (C=O) groups is 1. The smallest absolute Gasteiger partial charge is 0.251 e. The number of amides is 1. The van der Waals surface area contributed by atoms with E-state index < -0.39 is 0 Å². The molecule has 1 aliphatic heterocycles. The molecule has 1 saturated heterocycles. The van der Waals surface area contributed by atoms with Crippen molar-refractivity contribution in [2.24, 2.45) is 5.92 Å². The first-order chi connectivity index (χ1) is 14.9. The van der Waals surface area contributed by atoms with E-state index in [-0.39, 0.29) is 17.4 Å². The number of hydrogen-bond donors (Lipinski definition) is 2. The summed E-state index contributed by atoms with van der Waals surface area (Å²) < 4.78 is 0. The van der Waals surface area contributed by atoms with E-state index in [1.807, 2.05) is 48.1 Å². The molecule has 2 N–H and O–H groups in total. The average Bonchev–Trinajstić information content (AvgIpc) is 3.45. The van der Waals surface area contributed by atoms with Crippen LogP contribution in [-0.4, -0.2) is 39.1 Å². The van der Waals surface area contributed by atoms with Gasteiger partial charge in [0.1, 0.15) is 5.01 Å². The van der Waals surface area contributed by atoms with E-state index in [0.717, 1.165) is 37.5 Å². The van der Waals surface area contributed by atoms with Crippen LogP contribution >= 0.6 is 11.3 Å². The lowest BCUT2D eigenvalue weighted by Gasteiger charge is -2.37. The molecule has 3 heterocycles. The fourth-order valence-corrected chi connectivity index (χ4v) is 5.19. The number of likely N-dealkylation sites (tertiary alicyclic amines) is 1. The van der Waals surface area contributed by atoms with Gasteiger partial charge in [-0.1, -0.05) is 39.0 Å². The molecule has 0 radical (unpaired) electrons. The van der Waals surface area contributed by atoms with Crippen LogP contribution in [0.1, 0.15) is 66.3 Å². The summed E-state index contributed by atoms with van der Waals surface area (Å²) in [6.45, 7) is 9.48. The number of nitrogens with zero attached hydrogens (tertiary/aromatic N) is 3. The largest absolute Gasteiger partial charge is 0.342 e. The second-order valence-electron chi connectivity index (χ2n) is 9.35. The van der Waals surface area contributed by atoms with E-state index in [2.05, 4.69) is 46.2 Å². The van der Waals surface area contributed by atoms with Gasteiger partial charge in [0.05, 0.1) is 12.2 Å². The van der Waals surface area contributed by atoms with Crippen molar-refractivity contribution in [2.75, 3.05) is 13.1 Å². The van der Waals surface area contributed by atoms with Crippen molar-refractivity contribution in [3.8, 4) is 0 Å². The van der Waals surface area contributed by atoms with E-state index in [9.17, 15) is 4.79 Å². The van der Waals surface area contributed by atoms with Crippen molar-refractivity contribution >= 4 is 17.2 Å². The number of H-pyrrole nitrogens is 1. The molecule has 0 saturated carbocycles. The maximum Gasteiger partial charge on any atom is 0.251 e. The summed E-state index contributed by atoms with van der Waals surface area (Å²) in [4.78, 5) is 20.0. The minimum Gasteiger partial charge on any atom is -0.342 e. The van der Waals surface area contributed by atoms with E-state index >= 15 is 0 Å². The van der Waals surface area contributed by atoms with Gasteiger partial charge in [-0.15, -0.1) is 11.3 Å². The summed E-state index contributed by atoms with van der Waals surface area (Å²) in [5.41, 5.74) is 3.18. The van der Waals surface area contributed by atoms with Crippen LogP contribution < -0.4 is 5.32 Å². The van der Waals surface area contributed by atoms with Gasteiger partial charge in [0.15, 0.2) is 0 Å². The molecule has 6 nitrogen and oxygen atoms in total. The second kappa shape index (κ2) is 9.32. The Morgan fingerprint density at radius 2 is 2.13 bits per heavy atom. The van der Waals surface area contributed by atoms with Crippen LogP contribution in [0.2, 0.25) is 0 Å². The highest BCUT2D eigenvalue weighted by Gasteiger charge is 2.32. The number of hydrogen-bond acceptors (Lipinski definition) is 5. The van der Waals surface area contributed by atoms with Crippen molar-refractivity contribution in [3.05, 3.63) is 69.9 Å². The first-order valence-corrected chi connectivity index (χ1v) is 11.8. The Hall–Kier alpha value is -2.51. The monoisotopic (exact) mass is 437 g/mol. The number of carbonyl (C=O) groups excluding carboxylic acids is 1. The van der Waals surface area contributed by atoms with Gasteiger partial charge in [-0.05, 0) is 37.4 Å². The third kappa shape index (κ3) is 5.22. The molecule has 2 atom stereocenters. The second-order valence-corrected chi connectivity index (χ2v) is 10.3. The van der Waals surface area contributed by atoms with Crippen molar-refractivity contribution in [3.63, 3.8) is 0 Å². The van der Waals surface area contributed by atoms with Gasteiger partial charge >= 0.3 is 0 Å². The first-order valence-electron chi connectivity index (χ1n) is 10.9. The molecule has 7 heteroatoms. The Morgan fingerprint density at radius 1 is 1.32 bits per heavy atom. The lowest BCUT2D eigenvalue weighted by atomic mass is 9.88. The molecule has 0 unspecified atom stereocenters. The fraction of sp³-hybridized carbons (Fsp3) is 0.458.